The van der Waals surface area contributed by atoms with Crippen LogP contribution in [0.15, 0.2) is 36.4 Å². The van der Waals surface area contributed by atoms with E-state index in [0.717, 1.165) is 52.2 Å². The molecule has 0 radical (unpaired) electrons. The van der Waals surface area contributed by atoms with Gasteiger partial charge in [0.15, 0.2) is 0 Å². The van der Waals surface area contributed by atoms with Crippen molar-refractivity contribution in [3.63, 3.8) is 0 Å². The average molecular weight is 357 g/mol. The van der Waals surface area contributed by atoms with E-state index in [1.165, 1.54) is 11.1 Å². The Morgan fingerprint density at radius 1 is 1.12 bits per heavy atom. The Hall–Kier alpha value is -1.97. The van der Waals surface area contributed by atoms with Crippen LogP contribution in [0, 0.1) is 6.92 Å². The quantitative estimate of drug-likeness (QED) is 0.551. The Bertz CT molecular complexity index is 870. The fourth-order valence-corrected chi connectivity index (χ4v) is 3.62. The number of rotatable bonds is 7. The molecule has 1 aromatic heterocycles. The predicted octanol–water partition coefficient (Wildman–Crippen LogP) is 5.48. The molecule has 132 valence electrons. The van der Waals surface area contributed by atoms with Crippen LogP contribution in [0.2, 0.25) is 5.02 Å². The van der Waals surface area contributed by atoms with Gasteiger partial charge in [-0.15, -0.1) is 0 Å². The molecule has 2 aromatic carbocycles. The Kier molecular flexibility index (Phi) is 5.67. The van der Waals surface area contributed by atoms with Gasteiger partial charge in [-0.25, -0.2) is 0 Å². The van der Waals surface area contributed by atoms with Crippen LogP contribution in [-0.4, -0.2) is 18.1 Å². The standard InChI is InChI=1S/C21H25ClN2O/c1-3-25-18-10-5-4-8-15(18)21-16(9-6-7-13-23)19-17(22)12-11-14(2)20(19)24-21/h4-5,8,10-12,24H,3,6-7,9,13,23H2,1-2H3. The SMILES string of the molecule is CCOc1ccccc1-c1[nH]c2c(C)ccc(Cl)c2c1CCCCN. The van der Waals surface area contributed by atoms with E-state index in [9.17, 15) is 0 Å². The number of hydrogen-bond acceptors (Lipinski definition) is 2. The molecule has 0 spiro atoms. The van der Waals surface area contributed by atoms with E-state index in [2.05, 4.69) is 24.0 Å². The Balaban J connectivity index is 2.22. The van der Waals surface area contributed by atoms with Crippen molar-refractivity contribution in [2.75, 3.05) is 13.2 Å². The van der Waals surface area contributed by atoms with Gasteiger partial charge in [0.1, 0.15) is 5.75 Å². The first kappa shape index (κ1) is 17.8. The summed E-state index contributed by atoms with van der Waals surface area (Å²) in [6.45, 7) is 5.46. The first-order chi connectivity index (χ1) is 12.2. The van der Waals surface area contributed by atoms with Crippen LogP contribution in [0.4, 0.5) is 0 Å². The highest BCUT2D eigenvalue weighted by Crippen LogP contribution is 2.40. The van der Waals surface area contributed by atoms with Crippen LogP contribution in [0.1, 0.15) is 30.9 Å². The van der Waals surface area contributed by atoms with E-state index in [1.54, 1.807) is 0 Å². The molecule has 0 bridgehead atoms. The van der Waals surface area contributed by atoms with Crippen molar-refractivity contribution in [2.24, 2.45) is 5.73 Å². The van der Waals surface area contributed by atoms with Crippen LogP contribution < -0.4 is 10.5 Å². The molecule has 3 nitrogen and oxygen atoms in total. The van der Waals surface area contributed by atoms with Gasteiger partial charge in [-0.3, -0.25) is 0 Å². The zero-order chi connectivity index (χ0) is 17.8. The number of ether oxygens (including phenoxy) is 1. The van der Waals surface area contributed by atoms with Crippen LogP contribution in [0.25, 0.3) is 22.2 Å². The number of aryl methyl sites for hydroxylation is 2. The molecule has 4 heteroatoms. The topological polar surface area (TPSA) is 51.0 Å². The van der Waals surface area contributed by atoms with Crippen molar-refractivity contribution < 1.29 is 4.74 Å². The molecule has 0 unspecified atom stereocenters. The predicted molar refractivity (Wildman–Crippen MR) is 107 cm³/mol. The number of aromatic amines is 1. The van der Waals surface area contributed by atoms with E-state index < -0.39 is 0 Å². The molecule has 0 aliphatic heterocycles. The number of aromatic nitrogens is 1. The second-order valence-electron chi connectivity index (χ2n) is 6.27. The Labute approximate surface area is 154 Å². The second-order valence-corrected chi connectivity index (χ2v) is 6.67. The summed E-state index contributed by atoms with van der Waals surface area (Å²) in [5.41, 5.74) is 11.4. The van der Waals surface area contributed by atoms with Gasteiger partial charge >= 0.3 is 0 Å². The molecule has 3 aromatic rings. The summed E-state index contributed by atoms with van der Waals surface area (Å²) in [4.78, 5) is 3.62. The van der Waals surface area contributed by atoms with Crippen LogP contribution in [-0.2, 0) is 6.42 Å². The van der Waals surface area contributed by atoms with Crippen molar-refractivity contribution in [2.45, 2.75) is 33.1 Å². The smallest absolute Gasteiger partial charge is 0.128 e. The van der Waals surface area contributed by atoms with Crippen LogP contribution in [0.3, 0.4) is 0 Å². The minimum atomic E-state index is 0.638. The van der Waals surface area contributed by atoms with Gasteiger partial charge in [0.25, 0.3) is 0 Å². The maximum atomic E-state index is 6.57. The summed E-state index contributed by atoms with van der Waals surface area (Å²) in [7, 11) is 0. The third-order valence-electron chi connectivity index (χ3n) is 4.55. The summed E-state index contributed by atoms with van der Waals surface area (Å²) in [5, 5.41) is 1.92. The van der Waals surface area contributed by atoms with E-state index in [1.807, 2.05) is 31.2 Å². The van der Waals surface area contributed by atoms with Crippen molar-refractivity contribution in [3.8, 4) is 17.0 Å². The van der Waals surface area contributed by atoms with Gasteiger partial charge in [0.05, 0.1) is 22.8 Å². The molecule has 1 heterocycles. The lowest BCUT2D eigenvalue weighted by atomic mass is 9.99. The molecular formula is C21H25ClN2O. The summed E-state index contributed by atoms with van der Waals surface area (Å²) < 4.78 is 5.86. The maximum Gasteiger partial charge on any atom is 0.128 e. The summed E-state index contributed by atoms with van der Waals surface area (Å²) in [5.74, 6) is 0.894. The number of nitrogens with one attached hydrogen (secondary N) is 1. The van der Waals surface area contributed by atoms with Crippen molar-refractivity contribution in [3.05, 3.63) is 52.5 Å². The fourth-order valence-electron chi connectivity index (χ4n) is 3.34. The largest absolute Gasteiger partial charge is 0.493 e. The van der Waals surface area contributed by atoms with Gasteiger partial charge in [-0.1, -0.05) is 29.8 Å². The second kappa shape index (κ2) is 7.94. The maximum absolute atomic E-state index is 6.57. The van der Waals surface area contributed by atoms with Gasteiger partial charge in [0, 0.05) is 10.9 Å². The lowest BCUT2D eigenvalue weighted by Crippen LogP contribution is -2.00. The zero-order valence-corrected chi connectivity index (χ0v) is 15.6. The lowest BCUT2D eigenvalue weighted by molar-refractivity contribution is 0.341. The molecule has 3 rings (SSSR count). The van der Waals surface area contributed by atoms with Crippen LogP contribution >= 0.6 is 11.6 Å². The molecule has 25 heavy (non-hydrogen) atoms. The number of para-hydroxylation sites is 1. The van der Waals surface area contributed by atoms with Crippen molar-refractivity contribution in [1.29, 1.82) is 0 Å². The van der Waals surface area contributed by atoms with Gasteiger partial charge in [0.2, 0.25) is 0 Å². The van der Waals surface area contributed by atoms with E-state index >= 15 is 0 Å². The van der Waals surface area contributed by atoms with Crippen LogP contribution in [0.5, 0.6) is 5.75 Å². The molecule has 0 atom stereocenters. The number of nitrogens with two attached hydrogens (primary N) is 1. The first-order valence-corrected chi connectivity index (χ1v) is 9.27. The molecule has 0 saturated carbocycles. The first-order valence-electron chi connectivity index (χ1n) is 8.89. The van der Waals surface area contributed by atoms with Gasteiger partial charge in [-0.2, -0.15) is 0 Å². The molecular weight excluding hydrogens is 332 g/mol. The average Bonchev–Trinajstić information content (AvgIpc) is 3.00. The highest BCUT2D eigenvalue weighted by atomic mass is 35.5. The highest BCUT2D eigenvalue weighted by molar-refractivity contribution is 6.36. The molecule has 0 fully saturated rings. The van der Waals surface area contributed by atoms with Gasteiger partial charge in [-0.05, 0) is 69.0 Å². The zero-order valence-electron chi connectivity index (χ0n) is 14.9. The number of H-pyrrole nitrogens is 1. The molecule has 0 aliphatic rings. The van der Waals surface area contributed by atoms with E-state index in [4.69, 9.17) is 22.1 Å². The lowest BCUT2D eigenvalue weighted by Gasteiger charge is -2.11. The summed E-state index contributed by atoms with van der Waals surface area (Å²) in [6.07, 6.45) is 2.98. The van der Waals surface area contributed by atoms with Crippen molar-refractivity contribution >= 4 is 22.5 Å². The van der Waals surface area contributed by atoms with Gasteiger partial charge < -0.3 is 15.5 Å². The highest BCUT2D eigenvalue weighted by Gasteiger charge is 2.19. The number of hydrogen-bond donors (Lipinski definition) is 2. The summed E-state index contributed by atoms with van der Waals surface area (Å²) in [6, 6.07) is 12.2. The Morgan fingerprint density at radius 2 is 1.92 bits per heavy atom. The third kappa shape index (κ3) is 3.53. The third-order valence-corrected chi connectivity index (χ3v) is 4.87. The molecule has 0 saturated heterocycles. The Morgan fingerprint density at radius 3 is 2.68 bits per heavy atom. The van der Waals surface area contributed by atoms with E-state index in [0.29, 0.717) is 13.2 Å². The minimum absolute atomic E-state index is 0.638. The summed E-state index contributed by atoms with van der Waals surface area (Å²) >= 11 is 6.57. The molecule has 3 N–H and O–H groups in total. The normalized spacial score (nSPS) is 11.2. The number of benzene rings is 2. The minimum Gasteiger partial charge on any atom is -0.493 e. The molecule has 0 aliphatic carbocycles. The number of unbranched alkanes of at least 4 members (excludes halogenated alkanes) is 1. The molecule has 0 amide bonds. The van der Waals surface area contributed by atoms with E-state index in [-0.39, 0.29) is 0 Å². The monoisotopic (exact) mass is 356 g/mol. The van der Waals surface area contributed by atoms with Crippen molar-refractivity contribution in [1.82, 2.24) is 4.98 Å². The fraction of sp³-hybridized carbons (Fsp3) is 0.333. The number of fused-ring (bicyclic) bond motifs is 1. The number of halogens is 1.